The number of carbonyl (C=O) groups excluding carboxylic acids is 1. The Morgan fingerprint density at radius 2 is 2.11 bits per heavy atom. The summed E-state index contributed by atoms with van der Waals surface area (Å²) in [5.41, 5.74) is 0. The SMILES string of the molecule is CCCCS(=O)(=O)NC(C)C(=O)N1CCCCC1C. The van der Waals surface area contributed by atoms with E-state index >= 15 is 0 Å². The first-order valence-electron chi connectivity index (χ1n) is 7.18. The molecule has 2 unspecified atom stereocenters. The molecule has 2 atom stereocenters. The van der Waals surface area contributed by atoms with Gasteiger partial charge in [-0.1, -0.05) is 13.3 Å². The fraction of sp³-hybridized carbons (Fsp3) is 0.923. The maximum Gasteiger partial charge on any atom is 0.240 e. The van der Waals surface area contributed by atoms with Crippen LogP contribution in [0.1, 0.15) is 52.9 Å². The first-order chi connectivity index (χ1) is 8.87. The lowest BCUT2D eigenvalue weighted by molar-refractivity contribution is -0.135. The fourth-order valence-electron chi connectivity index (χ4n) is 2.39. The molecule has 112 valence electrons. The van der Waals surface area contributed by atoms with Crippen molar-refractivity contribution in [2.24, 2.45) is 0 Å². The lowest BCUT2D eigenvalue weighted by Crippen LogP contribution is -2.51. The number of rotatable bonds is 6. The highest BCUT2D eigenvalue weighted by molar-refractivity contribution is 7.89. The molecule has 1 heterocycles. The summed E-state index contributed by atoms with van der Waals surface area (Å²) in [4.78, 5) is 14.1. The monoisotopic (exact) mass is 290 g/mol. The van der Waals surface area contributed by atoms with Gasteiger partial charge in [-0.15, -0.1) is 0 Å². The number of likely N-dealkylation sites (tertiary alicyclic amines) is 1. The van der Waals surface area contributed by atoms with Gasteiger partial charge in [-0.2, -0.15) is 0 Å². The molecule has 0 bridgehead atoms. The Labute approximate surface area is 116 Å². The van der Waals surface area contributed by atoms with Crippen LogP contribution in [0.15, 0.2) is 0 Å². The van der Waals surface area contributed by atoms with Crippen molar-refractivity contribution in [1.29, 1.82) is 0 Å². The molecule has 1 aliphatic heterocycles. The molecule has 1 saturated heterocycles. The summed E-state index contributed by atoms with van der Waals surface area (Å²) in [6.07, 6.45) is 4.59. The van der Waals surface area contributed by atoms with Gasteiger partial charge in [0.05, 0.1) is 11.8 Å². The standard InChI is InChI=1S/C13H26N2O3S/c1-4-5-10-19(17,18)14-12(3)13(16)15-9-7-6-8-11(15)2/h11-12,14H,4-10H2,1-3H3. The van der Waals surface area contributed by atoms with E-state index in [0.717, 1.165) is 32.2 Å². The molecule has 0 radical (unpaired) electrons. The van der Waals surface area contributed by atoms with Crippen molar-refractivity contribution < 1.29 is 13.2 Å². The Kier molecular flexibility index (Phi) is 6.26. The zero-order valence-electron chi connectivity index (χ0n) is 12.2. The van der Waals surface area contributed by atoms with Gasteiger partial charge < -0.3 is 4.90 Å². The summed E-state index contributed by atoms with van der Waals surface area (Å²) < 4.78 is 26.1. The molecule has 5 nitrogen and oxygen atoms in total. The Morgan fingerprint density at radius 3 is 2.68 bits per heavy atom. The van der Waals surface area contributed by atoms with Crippen LogP contribution in [0.25, 0.3) is 0 Å². The van der Waals surface area contributed by atoms with Gasteiger partial charge in [0.1, 0.15) is 0 Å². The first kappa shape index (κ1) is 16.4. The Bertz CT molecular complexity index is 395. The van der Waals surface area contributed by atoms with Crippen LogP contribution in [-0.4, -0.2) is 43.6 Å². The number of unbranched alkanes of at least 4 members (excludes halogenated alkanes) is 1. The maximum atomic E-state index is 12.3. The van der Waals surface area contributed by atoms with Crippen LogP contribution in [0.4, 0.5) is 0 Å². The van der Waals surface area contributed by atoms with Crippen molar-refractivity contribution in [3.05, 3.63) is 0 Å². The number of carbonyl (C=O) groups is 1. The highest BCUT2D eigenvalue weighted by atomic mass is 32.2. The molecule has 0 aromatic carbocycles. The molecule has 1 amide bonds. The lowest BCUT2D eigenvalue weighted by atomic mass is 10.0. The smallest absolute Gasteiger partial charge is 0.240 e. The molecule has 19 heavy (non-hydrogen) atoms. The summed E-state index contributed by atoms with van der Waals surface area (Å²) >= 11 is 0. The fourth-order valence-corrected chi connectivity index (χ4v) is 3.81. The van der Waals surface area contributed by atoms with Crippen LogP contribution < -0.4 is 4.72 Å². The number of sulfonamides is 1. The second-order valence-corrected chi connectivity index (χ2v) is 7.26. The van der Waals surface area contributed by atoms with Gasteiger partial charge in [-0.3, -0.25) is 4.79 Å². The van der Waals surface area contributed by atoms with Gasteiger partial charge >= 0.3 is 0 Å². The number of piperidine rings is 1. The summed E-state index contributed by atoms with van der Waals surface area (Å²) in [6, 6.07) is -0.453. The average molecular weight is 290 g/mol. The van der Waals surface area contributed by atoms with Gasteiger partial charge in [-0.25, -0.2) is 13.1 Å². The third kappa shape index (κ3) is 5.10. The quantitative estimate of drug-likeness (QED) is 0.806. The average Bonchev–Trinajstić information content (AvgIpc) is 2.35. The van der Waals surface area contributed by atoms with Gasteiger partial charge in [0.15, 0.2) is 0 Å². The summed E-state index contributed by atoms with van der Waals surface area (Å²) in [5.74, 6) is -0.0105. The van der Waals surface area contributed by atoms with E-state index in [1.807, 2.05) is 13.8 Å². The number of nitrogens with one attached hydrogen (secondary N) is 1. The molecule has 0 aromatic heterocycles. The van der Waals surface area contributed by atoms with E-state index in [9.17, 15) is 13.2 Å². The van der Waals surface area contributed by atoms with Crippen molar-refractivity contribution in [3.63, 3.8) is 0 Å². The van der Waals surface area contributed by atoms with E-state index < -0.39 is 16.1 Å². The maximum absolute atomic E-state index is 12.3. The van der Waals surface area contributed by atoms with Crippen molar-refractivity contribution >= 4 is 15.9 Å². The third-order valence-corrected chi connectivity index (χ3v) is 5.12. The van der Waals surface area contributed by atoms with Crippen LogP contribution in [0.2, 0.25) is 0 Å². The minimum Gasteiger partial charge on any atom is -0.339 e. The number of nitrogens with zero attached hydrogens (tertiary/aromatic N) is 1. The zero-order valence-corrected chi connectivity index (χ0v) is 13.0. The lowest BCUT2D eigenvalue weighted by Gasteiger charge is -2.35. The number of hydrogen-bond donors (Lipinski definition) is 1. The first-order valence-corrected chi connectivity index (χ1v) is 8.83. The predicted octanol–water partition coefficient (Wildman–Crippen LogP) is 1.50. The summed E-state index contributed by atoms with van der Waals surface area (Å²) in [7, 11) is -3.34. The number of amides is 1. The van der Waals surface area contributed by atoms with E-state index in [2.05, 4.69) is 4.72 Å². The molecule has 1 aliphatic rings. The van der Waals surface area contributed by atoms with E-state index in [0.29, 0.717) is 6.42 Å². The highest BCUT2D eigenvalue weighted by Crippen LogP contribution is 2.17. The minimum atomic E-state index is -3.34. The van der Waals surface area contributed by atoms with Crippen molar-refractivity contribution in [1.82, 2.24) is 9.62 Å². The topological polar surface area (TPSA) is 66.5 Å². The second kappa shape index (κ2) is 7.24. The van der Waals surface area contributed by atoms with Crippen molar-refractivity contribution in [2.75, 3.05) is 12.3 Å². The molecule has 0 aliphatic carbocycles. The van der Waals surface area contributed by atoms with Crippen molar-refractivity contribution in [2.45, 2.75) is 65.0 Å². The molecule has 6 heteroatoms. The van der Waals surface area contributed by atoms with E-state index in [-0.39, 0.29) is 17.7 Å². The molecule has 0 aromatic rings. The van der Waals surface area contributed by atoms with E-state index in [1.165, 1.54) is 0 Å². The largest absolute Gasteiger partial charge is 0.339 e. The Hall–Kier alpha value is -0.620. The van der Waals surface area contributed by atoms with Crippen LogP contribution >= 0.6 is 0 Å². The summed E-state index contributed by atoms with van der Waals surface area (Å²) in [5, 5.41) is 0. The third-order valence-electron chi connectivity index (χ3n) is 3.58. The molecular formula is C13H26N2O3S. The molecule has 1 rings (SSSR count). The zero-order chi connectivity index (χ0) is 14.5. The molecule has 1 N–H and O–H groups in total. The van der Waals surface area contributed by atoms with Crippen LogP contribution in [0, 0.1) is 0 Å². The number of hydrogen-bond acceptors (Lipinski definition) is 3. The van der Waals surface area contributed by atoms with Crippen molar-refractivity contribution in [3.8, 4) is 0 Å². The van der Waals surface area contributed by atoms with Gasteiger partial charge in [0.2, 0.25) is 15.9 Å². The molecule has 1 fully saturated rings. The Morgan fingerprint density at radius 1 is 1.42 bits per heavy atom. The van der Waals surface area contributed by atoms with Crippen LogP contribution in [-0.2, 0) is 14.8 Å². The van der Waals surface area contributed by atoms with Crippen LogP contribution in [0.5, 0.6) is 0 Å². The van der Waals surface area contributed by atoms with E-state index in [1.54, 1.807) is 11.8 Å². The van der Waals surface area contributed by atoms with Gasteiger partial charge in [0.25, 0.3) is 0 Å². The predicted molar refractivity (Wildman–Crippen MR) is 76.3 cm³/mol. The summed E-state index contributed by atoms with van der Waals surface area (Å²) in [6.45, 7) is 6.34. The molecule has 0 spiro atoms. The van der Waals surface area contributed by atoms with Gasteiger partial charge in [-0.05, 0) is 39.5 Å². The molecule has 0 saturated carbocycles. The normalized spacial score (nSPS) is 22.3. The van der Waals surface area contributed by atoms with Gasteiger partial charge in [0, 0.05) is 12.6 Å². The van der Waals surface area contributed by atoms with Crippen LogP contribution in [0.3, 0.4) is 0 Å². The highest BCUT2D eigenvalue weighted by Gasteiger charge is 2.28. The minimum absolute atomic E-state index is 0.0939. The second-order valence-electron chi connectivity index (χ2n) is 5.39. The van der Waals surface area contributed by atoms with E-state index in [4.69, 9.17) is 0 Å². The molecular weight excluding hydrogens is 264 g/mol. The Balaban J connectivity index is 2.56.